The summed E-state index contributed by atoms with van der Waals surface area (Å²) >= 11 is 0. The first-order chi connectivity index (χ1) is 8.53. The maximum Gasteiger partial charge on any atom is 0.0481 e. The average Bonchev–Trinajstić information content (AvgIpc) is 2.65. The van der Waals surface area contributed by atoms with E-state index in [4.69, 9.17) is 5.73 Å². The van der Waals surface area contributed by atoms with Crippen LogP contribution in [0.4, 0.5) is 0 Å². The maximum atomic E-state index is 5.63. The molecule has 0 aliphatic carbocycles. The van der Waals surface area contributed by atoms with Crippen molar-refractivity contribution in [2.24, 2.45) is 12.8 Å². The molecule has 2 rings (SSSR count). The van der Waals surface area contributed by atoms with Crippen molar-refractivity contribution in [3.05, 3.63) is 36.0 Å². The van der Waals surface area contributed by atoms with E-state index in [1.54, 1.807) is 0 Å². The van der Waals surface area contributed by atoms with Crippen LogP contribution in [0, 0.1) is 0 Å². The molecule has 98 valence electrons. The van der Waals surface area contributed by atoms with E-state index in [-0.39, 0.29) is 5.54 Å². The molecule has 1 heterocycles. The normalized spacial score (nSPS) is 12.2. The van der Waals surface area contributed by atoms with Crippen molar-refractivity contribution in [2.45, 2.75) is 32.4 Å². The molecule has 1 aromatic carbocycles. The van der Waals surface area contributed by atoms with Gasteiger partial charge in [-0.3, -0.25) is 0 Å². The number of para-hydroxylation sites is 1. The standard InChI is InChI=1S/C15H23N3/c1-15(2,8-9-16)17-10-12-11-18(3)14-7-5-4-6-13(12)14/h4-7,11,17H,8-10,16H2,1-3H3. The number of rotatable bonds is 5. The van der Waals surface area contributed by atoms with Crippen LogP contribution in [-0.4, -0.2) is 16.7 Å². The van der Waals surface area contributed by atoms with E-state index >= 15 is 0 Å². The number of aromatic nitrogens is 1. The number of hydrogen-bond donors (Lipinski definition) is 2. The molecule has 0 saturated heterocycles. The molecule has 0 saturated carbocycles. The van der Waals surface area contributed by atoms with Crippen molar-refractivity contribution < 1.29 is 0 Å². The summed E-state index contributed by atoms with van der Waals surface area (Å²) in [5, 5.41) is 4.92. The minimum absolute atomic E-state index is 0.0890. The number of nitrogens with one attached hydrogen (secondary N) is 1. The minimum Gasteiger partial charge on any atom is -0.350 e. The Kier molecular flexibility index (Phi) is 3.73. The van der Waals surface area contributed by atoms with Crippen molar-refractivity contribution in [3.63, 3.8) is 0 Å². The molecular formula is C15H23N3. The zero-order valence-corrected chi connectivity index (χ0v) is 11.5. The van der Waals surface area contributed by atoms with E-state index in [1.165, 1.54) is 16.5 Å². The Morgan fingerprint density at radius 2 is 2.00 bits per heavy atom. The molecule has 0 atom stereocenters. The number of nitrogens with two attached hydrogens (primary N) is 1. The minimum atomic E-state index is 0.0890. The molecule has 0 spiro atoms. The van der Waals surface area contributed by atoms with Gasteiger partial charge in [-0.2, -0.15) is 0 Å². The van der Waals surface area contributed by atoms with Crippen LogP contribution in [0.15, 0.2) is 30.5 Å². The molecule has 3 N–H and O–H groups in total. The van der Waals surface area contributed by atoms with E-state index in [0.29, 0.717) is 0 Å². The van der Waals surface area contributed by atoms with E-state index in [0.717, 1.165) is 19.5 Å². The predicted molar refractivity (Wildman–Crippen MR) is 77.5 cm³/mol. The summed E-state index contributed by atoms with van der Waals surface area (Å²) in [6, 6.07) is 8.51. The van der Waals surface area contributed by atoms with E-state index in [1.807, 2.05) is 0 Å². The zero-order valence-electron chi connectivity index (χ0n) is 11.5. The van der Waals surface area contributed by atoms with Crippen LogP contribution in [0.5, 0.6) is 0 Å². The zero-order chi connectivity index (χ0) is 13.2. The van der Waals surface area contributed by atoms with Gasteiger partial charge in [0.05, 0.1) is 0 Å². The Labute approximate surface area is 109 Å². The highest BCUT2D eigenvalue weighted by atomic mass is 15.0. The maximum absolute atomic E-state index is 5.63. The second-order valence-electron chi connectivity index (χ2n) is 5.56. The summed E-state index contributed by atoms with van der Waals surface area (Å²) in [4.78, 5) is 0. The number of fused-ring (bicyclic) bond motifs is 1. The van der Waals surface area contributed by atoms with Gasteiger partial charge in [-0.1, -0.05) is 18.2 Å². The van der Waals surface area contributed by atoms with Crippen LogP contribution in [0.25, 0.3) is 10.9 Å². The molecule has 0 radical (unpaired) electrons. The third kappa shape index (κ3) is 2.74. The third-order valence-corrected chi connectivity index (χ3v) is 3.51. The molecule has 0 unspecified atom stereocenters. The number of hydrogen-bond acceptors (Lipinski definition) is 2. The molecule has 0 aliphatic heterocycles. The van der Waals surface area contributed by atoms with Gasteiger partial charge in [0, 0.05) is 36.2 Å². The van der Waals surface area contributed by atoms with E-state index in [9.17, 15) is 0 Å². The Morgan fingerprint density at radius 1 is 1.28 bits per heavy atom. The van der Waals surface area contributed by atoms with Crippen LogP contribution in [0.2, 0.25) is 0 Å². The van der Waals surface area contributed by atoms with Crippen molar-refractivity contribution in [1.82, 2.24) is 9.88 Å². The van der Waals surface area contributed by atoms with Crippen LogP contribution < -0.4 is 11.1 Å². The highest BCUT2D eigenvalue weighted by Gasteiger charge is 2.16. The van der Waals surface area contributed by atoms with Gasteiger partial charge in [0.2, 0.25) is 0 Å². The molecule has 0 bridgehead atoms. The van der Waals surface area contributed by atoms with Crippen LogP contribution in [0.3, 0.4) is 0 Å². The topological polar surface area (TPSA) is 43.0 Å². The highest BCUT2D eigenvalue weighted by molar-refractivity contribution is 5.83. The van der Waals surface area contributed by atoms with Gasteiger partial charge in [0.25, 0.3) is 0 Å². The van der Waals surface area contributed by atoms with E-state index in [2.05, 4.69) is 61.2 Å². The largest absolute Gasteiger partial charge is 0.350 e. The summed E-state index contributed by atoms with van der Waals surface area (Å²) in [6.07, 6.45) is 3.19. The lowest BCUT2D eigenvalue weighted by molar-refractivity contribution is 0.366. The average molecular weight is 245 g/mol. The molecule has 18 heavy (non-hydrogen) atoms. The summed E-state index contributed by atoms with van der Waals surface area (Å²) < 4.78 is 2.18. The lowest BCUT2D eigenvalue weighted by Gasteiger charge is -2.25. The Balaban J connectivity index is 2.17. The summed E-state index contributed by atoms with van der Waals surface area (Å²) in [7, 11) is 2.09. The van der Waals surface area contributed by atoms with Gasteiger partial charge in [-0.15, -0.1) is 0 Å². The second kappa shape index (κ2) is 5.12. The van der Waals surface area contributed by atoms with Gasteiger partial charge < -0.3 is 15.6 Å². The molecule has 2 aromatic rings. The number of benzene rings is 1. The predicted octanol–water partition coefficient (Wildman–Crippen LogP) is 2.40. The molecule has 0 amide bonds. The molecular weight excluding hydrogens is 222 g/mol. The Morgan fingerprint density at radius 3 is 2.72 bits per heavy atom. The lowest BCUT2D eigenvalue weighted by Crippen LogP contribution is -2.40. The van der Waals surface area contributed by atoms with Gasteiger partial charge in [-0.25, -0.2) is 0 Å². The summed E-state index contributed by atoms with van der Waals surface area (Å²) in [5.74, 6) is 0. The SMILES string of the molecule is Cn1cc(CNC(C)(C)CCN)c2ccccc21. The summed E-state index contributed by atoms with van der Waals surface area (Å²) in [6.45, 7) is 6.00. The molecule has 0 fully saturated rings. The Bertz CT molecular complexity index is 526. The number of nitrogens with zero attached hydrogens (tertiary/aromatic N) is 1. The molecule has 3 nitrogen and oxygen atoms in total. The van der Waals surface area contributed by atoms with Gasteiger partial charge in [-0.05, 0) is 38.4 Å². The first-order valence-electron chi connectivity index (χ1n) is 6.51. The van der Waals surface area contributed by atoms with Crippen molar-refractivity contribution in [1.29, 1.82) is 0 Å². The van der Waals surface area contributed by atoms with Gasteiger partial charge >= 0.3 is 0 Å². The third-order valence-electron chi connectivity index (χ3n) is 3.51. The fourth-order valence-corrected chi connectivity index (χ4v) is 2.35. The first kappa shape index (κ1) is 13.1. The second-order valence-corrected chi connectivity index (χ2v) is 5.56. The number of aryl methyl sites for hydroxylation is 1. The van der Waals surface area contributed by atoms with Gasteiger partial charge in [0.1, 0.15) is 0 Å². The highest BCUT2D eigenvalue weighted by Crippen LogP contribution is 2.21. The van der Waals surface area contributed by atoms with Crippen LogP contribution in [0.1, 0.15) is 25.8 Å². The van der Waals surface area contributed by atoms with Crippen molar-refractivity contribution in [3.8, 4) is 0 Å². The Hall–Kier alpha value is -1.32. The molecule has 1 aromatic heterocycles. The van der Waals surface area contributed by atoms with E-state index < -0.39 is 0 Å². The fourth-order valence-electron chi connectivity index (χ4n) is 2.35. The monoisotopic (exact) mass is 245 g/mol. The van der Waals surface area contributed by atoms with Crippen molar-refractivity contribution in [2.75, 3.05) is 6.54 Å². The molecule has 3 heteroatoms. The summed E-state index contributed by atoms with van der Waals surface area (Å²) in [5.41, 5.74) is 8.35. The van der Waals surface area contributed by atoms with Crippen LogP contribution in [-0.2, 0) is 13.6 Å². The first-order valence-corrected chi connectivity index (χ1v) is 6.51. The van der Waals surface area contributed by atoms with Crippen LogP contribution >= 0.6 is 0 Å². The molecule has 0 aliphatic rings. The van der Waals surface area contributed by atoms with Gasteiger partial charge in [0.15, 0.2) is 0 Å². The smallest absolute Gasteiger partial charge is 0.0481 e. The van der Waals surface area contributed by atoms with Crippen molar-refractivity contribution >= 4 is 10.9 Å². The fraction of sp³-hybridized carbons (Fsp3) is 0.467. The quantitative estimate of drug-likeness (QED) is 0.849. The lowest BCUT2D eigenvalue weighted by atomic mass is 10.0.